The van der Waals surface area contributed by atoms with Gasteiger partial charge in [-0.15, -0.1) is 0 Å². The number of halogens is 1. The van der Waals surface area contributed by atoms with Gasteiger partial charge in [0, 0.05) is 22.0 Å². The molecule has 4 nitrogen and oxygen atoms in total. The minimum Gasteiger partial charge on any atom is -0.460 e. The van der Waals surface area contributed by atoms with Crippen LogP contribution in [-0.4, -0.2) is 5.97 Å². The van der Waals surface area contributed by atoms with E-state index in [4.69, 9.17) is 20.8 Å². The van der Waals surface area contributed by atoms with Crippen LogP contribution in [0.4, 0.5) is 0 Å². The summed E-state index contributed by atoms with van der Waals surface area (Å²) in [5, 5.41) is 1.46. The van der Waals surface area contributed by atoms with Crippen LogP contribution in [0.3, 0.4) is 0 Å². The summed E-state index contributed by atoms with van der Waals surface area (Å²) in [6.45, 7) is 6.31. The standard InChI is InChI=1S/C26H27ClO4/c1-16(2)21-14-22-18(13-24(28)31-23(22)12-17(21)3)15-30-25(29)26(10-4-5-11-26)19-6-8-20(27)9-7-19/h6-9,12-14,16H,4-5,10-11,15H2,1-3H3. The first-order valence-corrected chi connectivity index (χ1v) is 11.2. The van der Waals surface area contributed by atoms with Crippen LogP contribution >= 0.6 is 11.6 Å². The number of hydrogen-bond acceptors (Lipinski definition) is 4. The largest absolute Gasteiger partial charge is 0.460 e. The quantitative estimate of drug-likeness (QED) is 0.340. The van der Waals surface area contributed by atoms with Crippen LogP contribution in [-0.2, 0) is 21.6 Å². The molecule has 5 heteroatoms. The van der Waals surface area contributed by atoms with E-state index in [-0.39, 0.29) is 12.6 Å². The third kappa shape index (κ3) is 4.14. The van der Waals surface area contributed by atoms with E-state index < -0.39 is 11.0 Å². The number of esters is 1. The van der Waals surface area contributed by atoms with E-state index in [0.29, 0.717) is 22.1 Å². The minimum atomic E-state index is -0.653. The summed E-state index contributed by atoms with van der Waals surface area (Å²) in [5.74, 6) is 0.0864. The van der Waals surface area contributed by atoms with Gasteiger partial charge in [-0.3, -0.25) is 4.79 Å². The van der Waals surface area contributed by atoms with Crippen molar-refractivity contribution in [2.75, 3.05) is 0 Å². The first-order valence-electron chi connectivity index (χ1n) is 10.8. The van der Waals surface area contributed by atoms with E-state index in [9.17, 15) is 9.59 Å². The summed E-state index contributed by atoms with van der Waals surface area (Å²) in [6, 6.07) is 12.8. The van der Waals surface area contributed by atoms with Gasteiger partial charge in [-0.05, 0) is 66.6 Å². The SMILES string of the molecule is Cc1cc2oc(=O)cc(COC(=O)C3(c4ccc(Cl)cc4)CCCC3)c2cc1C(C)C. The highest BCUT2D eigenvalue weighted by Crippen LogP contribution is 2.42. The molecule has 3 aromatic rings. The maximum absolute atomic E-state index is 13.3. The predicted octanol–water partition coefficient (Wildman–Crippen LogP) is 6.43. The molecule has 0 saturated heterocycles. The molecule has 0 aliphatic heterocycles. The normalized spacial score (nSPS) is 15.5. The van der Waals surface area contributed by atoms with E-state index in [1.54, 1.807) is 0 Å². The molecule has 1 aliphatic rings. The van der Waals surface area contributed by atoms with Gasteiger partial charge in [-0.25, -0.2) is 4.79 Å². The molecular formula is C26H27ClO4. The lowest BCUT2D eigenvalue weighted by Crippen LogP contribution is -2.34. The molecule has 4 rings (SSSR count). The smallest absolute Gasteiger partial charge is 0.336 e. The van der Waals surface area contributed by atoms with Gasteiger partial charge in [0.1, 0.15) is 12.2 Å². The van der Waals surface area contributed by atoms with Gasteiger partial charge in [0.15, 0.2) is 0 Å². The molecule has 1 aliphatic carbocycles. The Labute approximate surface area is 187 Å². The monoisotopic (exact) mass is 438 g/mol. The fourth-order valence-corrected chi connectivity index (χ4v) is 4.90. The zero-order valence-corrected chi connectivity index (χ0v) is 18.9. The molecule has 31 heavy (non-hydrogen) atoms. The van der Waals surface area contributed by atoms with E-state index in [1.165, 1.54) is 11.6 Å². The van der Waals surface area contributed by atoms with Gasteiger partial charge in [0.25, 0.3) is 0 Å². The number of hydrogen-bond donors (Lipinski definition) is 0. The summed E-state index contributed by atoms with van der Waals surface area (Å²) in [5.41, 5.74) is 3.30. The average Bonchev–Trinajstić information content (AvgIpc) is 3.22. The topological polar surface area (TPSA) is 56.5 Å². The molecule has 1 saturated carbocycles. The zero-order valence-electron chi connectivity index (χ0n) is 18.2. The summed E-state index contributed by atoms with van der Waals surface area (Å²) >= 11 is 6.05. The van der Waals surface area contributed by atoms with Crippen molar-refractivity contribution in [3.05, 3.63) is 80.2 Å². The lowest BCUT2D eigenvalue weighted by molar-refractivity contribution is -0.152. The van der Waals surface area contributed by atoms with Crippen LogP contribution in [0.5, 0.6) is 0 Å². The summed E-state index contributed by atoms with van der Waals surface area (Å²) in [4.78, 5) is 25.5. The van der Waals surface area contributed by atoms with Crippen molar-refractivity contribution in [1.29, 1.82) is 0 Å². The Morgan fingerprint density at radius 1 is 1.13 bits per heavy atom. The lowest BCUT2D eigenvalue weighted by Gasteiger charge is -2.27. The number of ether oxygens (including phenoxy) is 1. The third-order valence-electron chi connectivity index (χ3n) is 6.44. The fraction of sp³-hybridized carbons (Fsp3) is 0.385. The average molecular weight is 439 g/mol. The van der Waals surface area contributed by atoms with Gasteiger partial charge in [0.2, 0.25) is 0 Å². The Kier molecular flexibility index (Phi) is 5.94. The molecule has 162 valence electrons. The number of aryl methyl sites for hydroxylation is 1. The summed E-state index contributed by atoms with van der Waals surface area (Å²) in [6.07, 6.45) is 3.46. The number of rotatable bonds is 5. The molecule has 0 spiro atoms. The summed E-state index contributed by atoms with van der Waals surface area (Å²) < 4.78 is 11.3. The second-order valence-corrected chi connectivity index (χ2v) is 9.26. The van der Waals surface area contributed by atoms with E-state index >= 15 is 0 Å². The van der Waals surface area contributed by atoms with Crippen molar-refractivity contribution in [1.82, 2.24) is 0 Å². The maximum Gasteiger partial charge on any atom is 0.336 e. The fourth-order valence-electron chi connectivity index (χ4n) is 4.77. The molecule has 1 aromatic heterocycles. The van der Waals surface area contributed by atoms with Gasteiger partial charge >= 0.3 is 11.6 Å². The van der Waals surface area contributed by atoms with Crippen molar-refractivity contribution >= 4 is 28.5 Å². The van der Waals surface area contributed by atoms with Crippen LogP contribution in [0, 0.1) is 6.92 Å². The highest BCUT2D eigenvalue weighted by atomic mass is 35.5. The molecule has 0 amide bonds. The Morgan fingerprint density at radius 2 is 1.81 bits per heavy atom. The highest BCUT2D eigenvalue weighted by molar-refractivity contribution is 6.30. The first-order chi connectivity index (χ1) is 14.8. The van der Waals surface area contributed by atoms with Crippen molar-refractivity contribution in [2.45, 2.75) is 64.4 Å². The van der Waals surface area contributed by atoms with Crippen LogP contribution in [0.25, 0.3) is 11.0 Å². The van der Waals surface area contributed by atoms with E-state index in [0.717, 1.165) is 42.2 Å². The van der Waals surface area contributed by atoms with Crippen molar-refractivity contribution < 1.29 is 13.9 Å². The number of carbonyl (C=O) groups excluding carboxylic acids is 1. The van der Waals surface area contributed by atoms with Crippen LogP contribution in [0.1, 0.15) is 67.7 Å². The molecule has 0 atom stereocenters. The lowest BCUT2D eigenvalue weighted by atomic mass is 9.79. The maximum atomic E-state index is 13.3. The Bertz CT molecular complexity index is 1170. The van der Waals surface area contributed by atoms with Crippen LogP contribution in [0.15, 0.2) is 51.7 Å². The molecule has 2 aromatic carbocycles. The summed E-state index contributed by atoms with van der Waals surface area (Å²) in [7, 11) is 0. The first kappa shape index (κ1) is 21.6. The third-order valence-corrected chi connectivity index (χ3v) is 6.69. The molecule has 0 bridgehead atoms. The van der Waals surface area contributed by atoms with Gasteiger partial charge < -0.3 is 9.15 Å². The second-order valence-electron chi connectivity index (χ2n) is 8.82. The molecule has 0 N–H and O–H groups in total. The van der Waals surface area contributed by atoms with Crippen LogP contribution in [0.2, 0.25) is 5.02 Å². The zero-order chi connectivity index (χ0) is 22.2. The molecule has 0 unspecified atom stereocenters. The number of fused-ring (bicyclic) bond motifs is 1. The Balaban J connectivity index is 1.66. The molecular weight excluding hydrogens is 412 g/mol. The minimum absolute atomic E-state index is 0.0386. The molecule has 1 heterocycles. The number of carbonyl (C=O) groups is 1. The molecule has 1 fully saturated rings. The van der Waals surface area contributed by atoms with Crippen LogP contribution < -0.4 is 5.63 Å². The second kappa shape index (κ2) is 8.51. The van der Waals surface area contributed by atoms with Gasteiger partial charge in [-0.2, -0.15) is 0 Å². The Hall–Kier alpha value is -2.59. The number of benzene rings is 2. The molecule has 0 radical (unpaired) electrons. The highest BCUT2D eigenvalue weighted by Gasteiger charge is 2.44. The van der Waals surface area contributed by atoms with Gasteiger partial charge in [-0.1, -0.05) is 50.4 Å². The van der Waals surface area contributed by atoms with Gasteiger partial charge in [0.05, 0.1) is 5.41 Å². The van der Waals surface area contributed by atoms with E-state index in [2.05, 4.69) is 13.8 Å². The van der Waals surface area contributed by atoms with Crippen molar-refractivity contribution in [3.63, 3.8) is 0 Å². The Morgan fingerprint density at radius 3 is 2.45 bits per heavy atom. The van der Waals surface area contributed by atoms with Crippen molar-refractivity contribution in [3.8, 4) is 0 Å². The van der Waals surface area contributed by atoms with Crippen molar-refractivity contribution in [2.24, 2.45) is 0 Å². The predicted molar refractivity (Wildman–Crippen MR) is 123 cm³/mol. The van der Waals surface area contributed by atoms with E-state index in [1.807, 2.05) is 43.3 Å².